The highest BCUT2D eigenvalue weighted by atomic mass is 79.9. The molecule has 0 spiro atoms. The van der Waals surface area contributed by atoms with E-state index in [9.17, 15) is 8.78 Å². The summed E-state index contributed by atoms with van der Waals surface area (Å²) in [4.78, 5) is 4.05. The van der Waals surface area contributed by atoms with Crippen LogP contribution < -0.4 is 11.1 Å². The van der Waals surface area contributed by atoms with Gasteiger partial charge in [0.2, 0.25) is 0 Å². The molecule has 0 aliphatic rings. The van der Waals surface area contributed by atoms with E-state index in [0.717, 1.165) is 18.2 Å². The van der Waals surface area contributed by atoms with Crippen LogP contribution in [0.3, 0.4) is 0 Å². The highest BCUT2D eigenvalue weighted by molar-refractivity contribution is 9.10. The lowest BCUT2D eigenvalue weighted by atomic mass is 10.2. The molecular weight excluding hydrogens is 304 g/mol. The van der Waals surface area contributed by atoms with Crippen LogP contribution in [0.2, 0.25) is 0 Å². The maximum absolute atomic E-state index is 13.4. The van der Waals surface area contributed by atoms with Crippen molar-refractivity contribution in [2.75, 3.05) is 11.1 Å². The highest BCUT2D eigenvalue weighted by Gasteiger charge is 2.06. The first-order valence-electron chi connectivity index (χ1n) is 5.15. The quantitative estimate of drug-likeness (QED) is 0.914. The smallest absolute Gasteiger partial charge is 0.140 e. The van der Waals surface area contributed by atoms with Crippen molar-refractivity contribution in [1.29, 1.82) is 0 Å². The molecular formula is C12H10BrF2N3. The van der Waals surface area contributed by atoms with Gasteiger partial charge in [0.15, 0.2) is 0 Å². The molecule has 0 unspecified atom stereocenters. The summed E-state index contributed by atoms with van der Waals surface area (Å²) < 4.78 is 27.0. The average molecular weight is 314 g/mol. The van der Waals surface area contributed by atoms with Gasteiger partial charge in [-0.05, 0) is 40.2 Å². The number of nitrogens with one attached hydrogen (secondary N) is 1. The van der Waals surface area contributed by atoms with Gasteiger partial charge >= 0.3 is 0 Å². The van der Waals surface area contributed by atoms with Crippen LogP contribution >= 0.6 is 15.9 Å². The van der Waals surface area contributed by atoms with Gasteiger partial charge in [-0.3, -0.25) is 0 Å². The molecule has 6 heteroatoms. The van der Waals surface area contributed by atoms with Crippen molar-refractivity contribution in [3.05, 3.63) is 52.1 Å². The molecule has 18 heavy (non-hydrogen) atoms. The first kappa shape index (κ1) is 12.8. The van der Waals surface area contributed by atoms with Crippen LogP contribution in [0.25, 0.3) is 0 Å². The Morgan fingerprint density at radius 2 is 2.06 bits per heavy atom. The van der Waals surface area contributed by atoms with Gasteiger partial charge in [0.1, 0.15) is 17.5 Å². The van der Waals surface area contributed by atoms with Gasteiger partial charge in [-0.2, -0.15) is 0 Å². The van der Waals surface area contributed by atoms with Crippen molar-refractivity contribution in [2.24, 2.45) is 0 Å². The van der Waals surface area contributed by atoms with E-state index >= 15 is 0 Å². The SMILES string of the molecule is Nc1cnc(NCc2cc(F)ccc2F)c(Br)c1. The number of aromatic nitrogens is 1. The summed E-state index contributed by atoms with van der Waals surface area (Å²) in [6.07, 6.45) is 1.48. The van der Waals surface area contributed by atoms with Crippen LogP contribution in [-0.4, -0.2) is 4.98 Å². The number of hydrogen-bond acceptors (Lipinski definition) is 3. The van der Waals surface area contributed by atoms with Crippen molar-refractivity contribution < 1.29 is 8.78 Å². The summed E-state index contributed by atoms with van der Waals surface area (Å²) in [6.45, 7) is 0.138. The first-order valence-corrected chi connectivity index (χ1v) is 5.94. The Morgan fingerprint density at radius 1 is 1.28 bits per heavy atom. The molecule has 0 saturated carbocycles. The summed E-state index contributed by atoms with van der Waals surface area (Å²) in [7, 11) is 0. The molecule has 2 rings (SSSR count). The fourth-order valence-corrected chi connectivity index (χ4v) is 1.95. The third kappa shape index (κ3) is 2.95. The molecule has 94 valence electrons. The molecule has 3 nitrogen and oxygen atoms in total. The van der Waals surface area contributed by atoms with Crippen LogP contribution in [0, 0.1) is 11.6 Å². The van der Waals surface area contributed by atoms with Crippen molar-refractivity contribution in [2.45, 2.75) is 6.54 Å². The number of hydrogen-bond donors (Lipinski definition) is 2. The Kier molecular flexibility index (Phi) is 3.76. The summed E-state index contributed by atoms with van der Waals surface area (Å²) in [5, 5.41) is 2.90. The number of halogens is 3. The van der Waals surface area contributed by atoms with Crippen LogP contribution in [0.4, 0.5) is 20.3 Å². The first-order chi connectivity index (χ1) is 8.56. The minimum atomic E-state index is -0.475. The number of pyridine rings is 1. The van der Waals surface area contributed by atoms with Crippen molar-refractivity contribution >= 4 is 27.4 Å². The van der Waals surface area contributed by atoms with E-state index < -0.39 is 11.6 Å². The molecule has 0 bridgehead atoms. The lowest BCUT2D eigenvalue weighted by Gasteiger charge is -2.09. The fraction of sp³-hybridized carbons (Fsp3) is 0.0833. The molecule has 0 amide bonds. The normalized spacial score (nSPS) is 10.4. The molecule has 0 radical (unpaired) electrons. The lowest BCUT2D eigenvalue weighted by Crippen LogP contribution is -2.05. The Bertz CT molecular complexity index is 575. The number of benzene rings is 1. The van der Waals surface area contributed by atoms with Crippen molar-refractivity contribution in [3.63, 3.8) is 0 Å². The third-order valence-electron chi connectivity index (χ3n) is 2.32. The molecule has 1 heterocycles. The largest absolute Gasteiger partial charge is 0.397 e. The van der Waals surface area contributed by atoms with E-state index in [2.05, 4.69) is 26.2 Å². The molecule has 0 aliphatic carbocycles. The Morgan fingerprint density at radius 3 is 2.78 bits per heavy atom. The Hall–Kier alpha value is -1.69. The fourth-order valence-electron chi connectivity index (χ4n) is 1.44. The van der Waals surface area contributed by atoms with E-state index in [1.165, 1.54) is 6.20 Å². The molecule has 0 atom stereocenters. The van der Waals surface area contributed by atoms with Crippen molar-refractivity contribution in [3.8, 4) is 0 Å². The van der Waals surface area contributed by atoms with Gasteiger partial charge in [-0.1, -0.05) is 0 Å². The number of nitrogen functional groups attached to an aromatic ring is 1. The molecule has 3 N–H and O–H groups in total. The number of rotatable bonds is 3. The van der Waals surface area contributed by atoms with E-state index in [1.807, 2.05) is 0 Å². The van der Waals surface area contributed by atoms with E-state index in [4.69, 9.17) is 5.73 Å². The Balaban J connectivity index is 2.13. The summed E-state index contributed by atoms with van der Waals surface area (Å²) in [6, 6.07) is 5.00. The van der Waals surface area contributed by atoms with Crippen LogP contribution in [0.1, 0.15) is 5.56 Å². The molecule has 1 aromatic carbocycles. The van der Waals surface area contributed by atoms with Gasteiger partial charge in [-0.25, -0.2) is 13.8 Å². The van der Waals surface area contributed by atoms with Crippen LogP contribution in [-0.2, 0) is 6.54 Å². The zero-order valence-corrected chi connectivity index (χ0v) is 10.8. The molecule has 0 fully saturated rings. The molecule has 0 aliphatic heterocycles. The summed E-state index contributed by atoms with van der Waals surface area (Å²) >= 11 is 3.28. The highest BCUT2D eigenvalue weighted by Crippen LogP contribution is 2.22. The second-order valence-corrected chi connectivity index (χ2v) is 4.54. The second-order valence-electron chi connectivity index (χ2n) is 3.69. The Labute approximate surface area is 111 Å². The minimum Gasteiger partial charge on any atom is -0.397 e. The maximum atomic E-state index is 13.4. The standard InChI is InChI=1S/C12H10BrF2N3/c13-10-4-9(16)6-18-12(10)17-5-7-3-8(14)1-2-11(7)15/h1-4,6H,5,16H2,(H,17,18). The van der Waals surface area contributed by atoms with E-state index in [0.29, 0.717) is 16.0 Å². The second kappa shape index (κ2) is 5.30. The monoisotopic (exact) mass is 313 g/mol. The lowest BCUT2D eigenvalue weighted by molar-refractivity contribution is 0.587. The summed E-state index contributed by atoms with van der Waals surface area (Å²) in [5.41, 5.74) is 6.30. The van der Waals surface area contributed by atoms with Gasteiger partial charge in [0.25, 0.3) is 0 Å². The zero-order valence-electron chi connectivity index (χ0n) is 9.25. The van der Waals surface area contributed by atoms with Crippen molar-refractivity contribution in [1.82, 2.24) is 4.98 Å². The molecule has 1 aromatic heterocycles. The maximum Gasteiger partial charge on any atom is 0.140 e. The predicted molar refractivity (Wildman–Crippen MR) is 70.0 cm³/mol. The molecule has 2 aromatic rings. The average Bonchev–Trinajstić information content (AvgIpc) is 2.32. The minimum absolute atomic E-state index is 0.138. The third-order valence-corrected chi connectivity index (χ3v) is 2.92. The van der Waals surface area contributed by atoms with E-state index in [1.54, 1.807) is 6.07 Å². The van der Waals surface area contributed by atoms with Gasteiger partial charge in [0, 0.05) is 12.1 Å². The van der Waals surface area contributed by atoms with Gasteiger partial charge in [0.05, 0.1) is 16.4 Å². The number of anilines is 2. The molecule has 0 saturated heterocycles. The van der Waals surface area contributed by atoms with Gasteiger partial charge < -0.3 is 11.1 Å². The van der Waals surface area contributed by atoms with Crippen LogP contribution in [0.5, 0.6) is 0 Å². The van der Waals surface area contributed by atoms with Crippen LogP contribution in [0.15, 0.2) is 34.9 Å². The topological polar surface area (TPSA) is 50.9 Å². The zero-order chi connectivity index (χ0) is 13.1. The summed E-state index contributed by atoms with van der Waals surface area (Å²) in [5.74, 6) is -0.416. The number of nitrogens with two attached hydrogens (primary N) is 1. The van der Waals surface area contributed by atoms with E-state index in [-0.39, 0.29) is 12.1 Å². The van der Waals surface area contributed by atoms with Gasteiger partial charge in [-0.15, -0.1) is 0 Å². The predicted octanol–water partition coefficient (Wildman–Crippen LogP) is 3.32. The number of nitrogens with zero attached hydrogens (tertiary/aromatic N) is 1.